The number of hydrogen-bond donors (Lipinski definition) is 2. The Morgan fingerprint density at radius 3 is 2.48 bits per heavy atom. The average molecular weight is 321 g/mol. The molecule has 5 nitrogen and oxygen atoms in total. The number of amides is 2. The SMILES string of the molecule is CC1CCC(N2CC(C(=O)NC(C)(CN)C3CC3)CC2=O)CC1. The zero-order valence-corrected chi connectivity index (χ0v) is 14.5. The van der Waals surface area contributed by atoms with Crippen LogP contribution in [0.4, 0.5) is 0 Å². The van der Waals surface area contributed by atoms with Gasteiger partial charge in [-0.3, -0.25) is 9.59 Å². The van der Waals surface area contributed by atoms with E-state index in [1.54, 1.807) is 0 Å². The summed E-state index contributed by atoms with van der Waals surface area (Å²) in [7, 11) is 0. The lowest BCUT2D eigenvalue weighted by atomic mass is 9.86. The summed E-state index contributed by atoms with van der Waals surface area (Å²) in [5.41, 5.74) is 5.59. The van der Waals surface area contributed by atoms with Gasteiger partial charge in [-0.1, -0.05) is 6.92 Å². The number of hydrogen-bond acceptors (Lipinski definition) is 3. The molecule has 3 rings (SSSR count). The maximum Gasteiger partial charge on any atom is 0.225 e. The highest BCUT2D eigenvalue weighted by molar-refractivity contribution is 5.89. The summed E-state index contributed by atoms with van der Waals surface area (Å²) in [5, 5.41) is 3.16. The van der Waals surface area contributed by atoms with Crippen LogP contribution in [0.15, 0.2) is 0 Å². The Labute approximate surface area is 139 Å². The van der Waals surface area contributed by atoms with E-state index in [-0.39, 0.29) is 23.3 Å². The minimum absolute atomic E-state index is 0.0184. The molecule has 0 bridgehead atoms. The van der Waals surface area contributed by atoms with E-state index in [0.717, 1.165) is 31.6 Å². The molecule has 3 aliphatic rings. The fraction of sp³-hybridized carbons (Fsp3) is 0.889. The van der Waals surface area contributed by atoms with E-state index >= 15 is 0 Å². The Morgan fingerprint density at radius 2 is 1.91 bits per heavy atom. The Morgan fingerprint density at radius 1 is 1.26 bits per heavy atom. The van der Waals surface area contributed by atoms with Gasteiger partial charge in [0, 0.05) is 25.6 Å². The predicted octanol–water partition coefficient (Wildman–Crippen LogP) is 1.66. The number of carbonyl (C=O) groups is 2. The van der Waals surface area contributed by atoms with Crippen LogP contribution in [0.25, 0.3) is 0 Å². The number of rotatable bonds is 5. The first-order valence-corrected chi connectivity index (χ1v) is 9.24. The molecule has 130 valence electrons. The quantitative estimate of drug-likeness (QED) is 0.808. The van der Waals surface area contributed by atoms with Crippen molar-refractivity contribution in [2.45, 2.75) is 70.4 Å². The summed E-state index contributed by atoms with van der Waals surface area (Å²) in [6.45, 7) is 5.38. The van der Waals surface area contributed by atoms with Crippen molar-refractivity contribution in [3.8, 4) is 0 Å². The van der Waals surface area contributed by atoms with Gasteiger partial charge in [-0.2, -0.15) is 0 Å². The van der Waals surface area contributed by atoms with Gasteiger partial charge in [0.25, 0.3) is 0 Å². The van der Waals surface area contributed by atoms with Crippen LogP contribution in [0.5, 0.6) is 0 Å². The standard InChI is InChI=1S/C18H31N3O2/c1-12-3-7-15(8-4-12)21-10-13(9-16(21)22)17(23)20-18(2,11-19)14-5-6-14/h12-15H,3-11,19H2,1-2H3,(H,20,23). The molecule has 2 saturated carbocycles. The minimum Gasteiger partial charge on any atom is -0.349 e. The fourth-order valence-corrected chi connectivity index (χ4v) is 4.24. The Bertz CT molecular complexity index is 469. The van der Waals surface area contributed by atoms with Crippen molar-refractivity contribution in [1.29, 1.82) is 0 Å². The molecule has 3 fully saturated rings. The van der Waals surface area contributed by atoms with Crippen molar-refractivity contribution in [2.24, 2.45) is 23.5 Å². The van der Waals surface area contributed by atoms with Crippen LogP contribution in [-0.2, 0) is 9.59 Å². The molecule has 0 radical (unpaired) electrons. The van der Waals surface area contributed by atoms with E-state index in [1.807, 2.05) is 11.8 Å². The monoisotopic (exact) mass is 321 g/mol. The first-order valence-electron chi connectivity index (χ1n) is 9.24. The third-order valence-corrected chi connectivity index (χ3v) is 6.27. The summed E-state index contributed by atoms with van der Waals surface area (Å²) >= 11 is 0. The molecule has 0 aromatic rings. The van der Waals surface area contributed by atoms with Crippen molar-refractivity contribution in [2.75, 3.05) is 13.1 Å². The van der Waals surface area contributed by atoms with Crippen molar-refractivity contribution in [1.82, 2.24) is 10.2 Å². The van der Waals surface area contributed by atoms with Crippen molar-refractivity contribution >= 4 is 11.8 Å². The van der Waals surface area contributed by atoms with E-state index in [4.69, 9.17) is 5.73 Å². The summed E-state index contributed by atoms with van der Waals surface area (Å²) < 4.78 is 0. The van der Waals surface area contributed by atoms with Gasteiger partial charge < -0.3 is 16.0 Å². The molecule has 0 aromatic carbocycles. The lowest BCUT2D eigenvalue weighted by Gasteiger charge is -2.34. The highest BCUT2D eigenvalue weighted by Crippen LogP contribution is 2.39. The first kappa shape index (κ1) is 16.7. The summed E-state index contributed by atoms with van der Waals surface area (Å²) in [6, 6.07) is 0.348. The van der Waals surface area contributed by atoms with Crippen LogP contribution in [0, 0.1) is 17.8 Å². The van der Waals surface area contributed by atoms with Gasteiger partial charge in [-0.25, -0.2) is 0 Å². The molecule has 1 saturated heterocycles. The summed E-state index contributed by atoms with van der Waals surface area (Å²) in [6.07, 6.45) is 7.21. The van der Waals surface area contributed by atoms with Crippen molar-refractivity contribution < 1.29 is 9.59 Å². The van der Waals surface area contributed by atoms with E-state index in [9.17, 15) is 9.59 Å². The molecule has 3 N–H and O–H groups in total. The number of carbonyl (C=O) groups excluding carboxylic acids is 2. The van der Waals surface area contributed by atoms with Crippen LogP contribution in [-0.4, -0.2) is 41.4 Å². The van der Waals surface area contributed by atoms with Crippen LogP contribution < -0.4 is 11.1 Å². The molecule has 1 heterocycles. The second-order valence-corrected chi connectivity index (χ2v) is 8.25. The van der Waals surface area contributed by atoms with E-state index in [2.05, 4.69) is 12.2 Å². The zero-order chi connectivity index (χ0) is 16.6. The number of nitrogens with one attached hydrogen (secondary N) is 1. The van der Waals surface area contributed by atoms with E-state index in [0.29, 0.717) is 31.5 Å². The lowest BCUT2D eigenvalue weighted by molar-refractivity contribution is -0.131. The van der Waals surface area contributed by atoms with Gasteiger partial charge in [0.2, 0.25) is 11.8 Å². The highest BCUT2D eigenvalue weighted by Gasteiger charge is 2.44. The van der Waals surface area contributed by atoms with E-state index < -0.39 is 0 Å². The third-order valence-electron chi connectivity index (χ3n) is 6.27. The van der Waals surface area contributed by atoms with Crippen LogP contribution in [0.2, 0.25) is 0 Å². The number of nitrogens with two attached hydrogens (primary N) is 1. The Kier molecular flexibility index (Phi) is 4.68. The van der Waals surface area contributed by atoms with Crippen LogP contribution in [0.3, 0.4) is 0 Å². The van der Waals surface area contributed by atoms with Crippen LogP contribution >= 0.6 is 0 Å². The molecule has 0 aromatic heterocycles. The van der Waals surface area contributed by atoms with Gasteiger partial charge in [0.15, 0.2) is 0 Å². The molecule has 23 heavy (non-hydrogen) atoms. The second-order valence-electron chi connectivity index (χ2n) is 8.25. The van der Waals surface area contributed by atoms with Crippen molar-refractivity contribution in [3.05, 3.63) is 0 Å². The predicted molar refractivity (Wildman–Crippen MR) is 89.6 cm³/mol. The normalized spacial score (nSPS) is 34.3. The number of likely N-dealkylation sites (tertiary alicyclic amines) is 1. The molecule has 5 heteroatoms. The maximum absolute atomic E-state index is 12.6. The van der Waals surface area contributed by atoms with E-state index in [1.165, 1.54) is 12.8 Å². The average Bonchev–Trinajstić information content (AvgIpc) is 3.32. The molecule has 2 atom stereocenters. The molecule has 2 amide bonds. The molecule has 2 aliphatic carbocycles. The topological polar surface area (TPSA) is 75.4 Å². The van der Waals surface area contributed by atoms with Gasteiger partial charge >= 0.3 is 0 Å². The second kappa shape index (κ2) is 6.42. The Hall–Kier alpha value is -1.10. The van der Waals surface area contributed by atoms with Crippen LogP contribution in [0.1, 0.15) is 58.8 Å². The lowest BCUT2D eigenvalue weighted by Crippen LogP contribution is -2.55. The number of nitrogens with zero attached hydrogens (tertiary/aromatic N) is 1. The maximum atomic E-state index is 12.6. The minimum atomic E-state index is -0.298. The van der Waals surface area contributed by atoms with Gasteiger partial charge in [0.05, 0.1) is 11.5 Å². The molecule has 2 unspecified atom stereocenters. The molecular formula is C18H31N3O2. The molecule has 1 aliphatic heterocycles. The fourth-order valence-electron chi connectivity index (χ4n) is 4.24. The zero-order valence-electron chi connectivity index (χ0n) is 14.5. The Balaban J connectivity index is 1.57. The summed E-state index contributed by atoms with van der Waals surface area (Å²) in [5.74, 6) is 1.25. The largest absolute Gasteiger partial charge is 0.349 e. The smallest absolute Gasteiger partial charge is 0.225 e. The van der Waals surface area contributed by atoms with Gasteiger partial charge in [0.1, 0.15) is 0 Å². The van der Waals surface area contributed by atoms with Crippen molar-refractivity contribution in [3.63, 3.8) is 0 Å². The van der Waals surface area contributed by atoms with Gasteiger partial charge in [-0.05, 0) is 57.3 Å². The summed E-state index contributed by atoms with van der Waals surface area (Å²) in [4.78, 5) is 27.0. The van der Waals surface area contributed by atoms with Gasteiger partial charge in [-0.15, -0.1) is 0 Å². The molecule has 0 spiro atoms. The first-order chi connectivity index (χ1) is 10.9. The highest BCUT2D eigenvalue weighted by atomic mass is 16.2. The molecular weight excluding hydrogens is 290 g/mol. The third kappa shape index (κ3) is 3.54.